The van der Waals surface area contributed by atoms with Crippen LogP contribution in [0.3, 0.4) is 0 Å². The van der Waals surface area contributed by atoms with Crippen molar-refractivity contribution in [3.8, 4) is 17.6 Å². The first kappa shape index (κ1) is 20.6. The number of ether oxygens (including phenoxy) is 1. The second-order valence-corrected chi connectivity index (χ2v) is 6.07. The van der Waals surface area contributed by atoms with Crippen molar-refractivity contribution in [1.82, 2.24) is 4.90 Å². The number of aliphatic hydroxyl groups is 4. The number of hydrogen-bond acceptors (Lipinski definition) is 6. The highest BCUT2D eigenvalue weighted by molar-refractivity contribution is 5.24. The molecular weight excluding hydrogens is 348 g/mol. The standard InChI is InChI=1S/C18H23F2NO5/c19-12-5-6-13(20)16(9-12)26-8-4-2-1-3-7-21-10-15(23)18(25)17(24)14(21)11-22/h5-6,9,14-15,17-18,22-25H,3-4,7-8,10-11H2/t14-,15+,17-,18-/m1/s1. The van der Waals surface area contributed by atoms with E-state index in [9.17, 15) is 29.2 Å². The lowest BCUT2D eigenvalue weighted by molar-refractivity contribution is -0.144. The molecule has 0 aromatic heterocycles. The van der Waals surface area contributed by atoms with Crippen LogP contribution in [-0.2, 0) is 0 Å². The number of halogens is 2. The Morgan fingerprint density at radius 1 is 1.12 bits per heavy atom. The van der Waals surface area contributed by atoms with E-state index in [-0.39, 0.29) is 25.5 Å². The molecule has 0 bridgehead atoms. The Hall–Kier alpha value is -1.76. The van der Waals surface area contributed by atoms with Gasteiger partial charge in [0.15, 0.2) is 11.6 Å². The summed E-state index contributed by atoms with van der Waals surface area (Å²) in [7, 11) is 0. The summed E-state index contributed by atoms with van der Waals surface area (Å²) >= 11 is 0. The van der Waals surface area contributed by atoms with Crippen LogP contribution < -0.4 is 4.74 Å². The number of likely N-dealkylation sites (tertiary alicyclic amines) is 1. The van der Waals surface area contributed by atoms with Gasteiger partial charge in [0.25, 0.3) is 0 Å². The fraction of sp³-hybridized carbons (Fsp3) is 0.556. The largest absolute Gasteiger partial charge is 0.489 e. The molecule has 1 aromatic carbocycles. The molecule has 1 aromatic rings. The molecule has 8 heteroatoms. The molecular formula is C18H23F2NO5. The van der Waals surface area contributed by atoms with Gasteiger partial charge in [-0.1, -0.05) is 5.92 Å². The maximum absolute atomic E-state index is 13.4. The van der Waals surface area contributed by atoms with Crippen molar-refractivity contribution < 1.29 is 33.9 Å². The molecule has 1 aliphatic heterocycles. The van der Waals surface area contributed by atoms with Crippen molar-refractivity contribution in [2.45, 2.75) is 37.2 Å². The van der Waals surface area contributed by atoms with Crippen molar-refractivity contribution >= 4 is 0 Å². The van der Waals surface area contributed by atoms with Crippen LogP contribution in [0.2, 0.25) is 0 Å². The predicted octanol–water partition coefficient (Wildman–Crippen LogP) is -0.114. The summed E-state index contributed by atoms with van der Waals surface area (Å²) in [5.41, 5.74) is 0. The monoisotopic (exact) mass is 371 g/mol. The van der Waals surface area contributed by atoms with Crippen molar-refractivity contribution in [2.24, 2.45) is 0 Å². The van der Waals surface area contributed by atoms with E-state index in [0.717, 1.165) is 18.2 Å². The molecule has 2 rings (SSSR count). The van der Waals surface area contributed by atoms with Gasteiger partial charge < -0.3 is 25.2 Å². The zero-order valence-electron chi connectivity index (χ0n) is 14.2. The zero-order valence-corrected chi connectivity index (χ0v) is 14.2. The summed E-state index contributed by atoms with van der Waals surface area (Å²) in [4.78, 5) is 1.68. The number of hydrogen-bond donors (Lipinski definition) is 4. The summed E-state index contributed by atoms with van der Waals surface area (Å²) in [6, 6.07) is 2.31. The van der Waals surface area contributed by atoms with Gasteiger partial charge in [0.05, 0.1) is 25.4 Å². The van der Waals surface area contributed by atoms with Gasteiger partial charge in [0.2, 0.25) is 0 Å². The van der Waals surface area contributed by atoms with Gasteiger partial charge in [-0.25, -0.2) is 8.78 Å². The minimum absolute atomic E-state index is 0.111. The highest BCUT2D eigenvalue weighted by Crippen LogP contribution is 2.19. The fourth-order valence-electron chi connectivity index (χ4n) is 2.81. The number of piperidine rings is 1. The molecule has 26 heavy (non-hydrogen) atoms. The van der Waals surface area contributed by atoms with E-state index in [4.69, 9.17) is 4.74 Å². The van der Waals surface area contributed by atoms with E-state index >= 15 is 0 Å². The molecule has 1 saturated heterocycles. The minimum atomic E-state index is -1.28. The van der Waals surface area contributed by atoms with E-state index in [2.05, 4.69) is 11.8 Å². The molecule has 1 heterocycles. The molecule has 1 fully saturated rings. The fourth-order valence-corrected chi connectivity index (χ4v) is 2.81. The first-order valence-corrected chi connectivity index (χ1v) is 8.36. The van der Waals surface area contributed by atoms with E-state index < -0.39 is 36.0 Å². The normalized spacial score (nSPS) is 26.2. The average molecular weight is 371 g/mol. The Morgan fingerprint density at radius 3 is 2.58 bits per heavy atom. The Kier molecular flexibility index (Phi) is 7.75. The third-order valence-electron chi connectivity index (χ3n) is 4.24. The van der Waals surface area contributed by atoms with Crippen molar-refractivity contribution in [3.63, 3.8) is 0 Å². The zero-order chi connectivity index (χ0) is 19.1. The van der Waals surface area contributed by atoms with Gasteiger partial charge in [-0.05, 0) is 12.1 Å². The van der Waals surface area contributed by atoms with Crippen LogP contribution >= 0.6 is 0 Å². The lowest BCUT2D eigenvalue weighted by Crippen LogP contribution is -2.62. The van der Waals surface area contributed by atoms with Crippen LogP contribution in [0.5, 0.6) is 5.75 Å². The molecule has 4 atom stereocenters. The SMILES string of the molecule is OC[C@@H]1[C@@H](O)[C@H](O)[C@@H](O)CN1CCC#CCCOc1cc(F)ccc1F. The highest BCUT2D eigenvalue weighted by atomic mass is 19.1. The van der Waals surface area contributed by atoms with E-state index in [1.807, 2.05) is 0 Å². The van der Waals surface area contributed by atoms with E-state index in [0.29, 0.717) is 19.4 Å². The highest BCUT2D eigenvalue weighted by Gasteiger charge is 2.40. The Labute approximate surface area is 150 Å². The van der Waals surface area contributed by atoms with Gasteiger partial charge in [-0.2, -0.15) is 0 Å². The second kappa shape index (κ2) is 9.80. The number of rotatable bonds is 6. The number of β-amino-alcohol motifs (C(OH)–C–C–N with tert-alkyl or cyclic N) is 1. The lowest BCUT2D eigenvalue weighted by Gasteiger charge is -2.42. The maximum Gasteiger partial charge on any atom is 0.165 e. The quantitative estimate of drug-likeness (QED) is 0.412. The third kappa shape index (κ3) is 5.37. The Balaban J connectivity index is 1.73. The van der Waals surface area contributed by atoms with Gasteiger partial charge in [-0.15, -0.1) is 5.92 Å². The van der Waals surface area contributed by atoms with Gasteiger partial charge in [-0.3, -0.25) is 4.90 Å². The summed E-state index contributed by atoms with van der Waals surface area (Å²) in [6.45, 7) is 0.303. The number of aliphatic hydroxyl groups excluding tert-OH is 4. The van der Waals surface area contributed by atoms with Crippen molar-refractivity contribution in [2.75, 3.05) is 26.3 Å². The van der Waals surface area contributed by atoms with Crippen LogP contribution in [0.1, 0.15) is 12.8 Å². The molecule has 0 amide bonds. The topological polar surface area (TPSA) is 93.4 Å². The number of nitrogens with zero attached hydrogens (tertiary/aromatic N) is 1. The second-order valence-electron chi connectivity index (χ2n) is 6.07. The summed E-state index contributed by atoms with van der Waals surface area (Å²) < 4.78 is 31.5. The molecule has 1 aliphatic rings. The summed E-state index contributed by atoms with van der Waals surface area (Å²) in [5, 5.41) is 38.6. The van der Waals surface area contributed by atoms with Crippen molar-refractivity contribution in [3.05, 3.63) is 29.8 Å². The maximum atomic E-state index is 13.4. The van der Waals surface area contributed by atoms with Crippen LogP contribution in [0.4, 0.5) is 8.78 Å². The molecule has 0 aliphatic carbocycles. The Morgan fingerprint density at radius 2 is 1.85 bits per heavy atom. The van der Waals surface area contributed by atoms with Crippen LogP contribution in [0.15, 0.2) is 18.2 Å². The van der Waals surface area contributed by atoms with Gasteiger partial charge in [0.1, 0.15) is 18.0 Å². The smallest absolute Gasteiger partial charge is 0.165 e. The summed E-state index contributed by atoms with van der Waals surface area (Å²) in [5.74, 6) is 4.34. The van der Waals surface area contributed by atoms with Crippen LogP contribution in [0.25, 0.3) is 0 Å². The van der Waals surface area contributed by atoms with Crippen LogP contribution in [-0.4, -0.2) is 76.0 Å². The molecule has 144 valence electrons. The lowest BCUT2D eigenvalue weighted by atomic mass is 9.94. The predicted molar refractivity (Wildman–Crippen MR) is 89.3 cm³/mol. The molecule has 0 unspecified atom stereocenters. The molecule has 0 saturated carbocycles. The Bertz CT molecular complexity index is 648. The minimum Gasteiger partial charge on any atom is -0.489 e. The van der Waals surface area contributed by atoms with Crippen LogP contribution in [0, 0.1) is 23.5 Å². The number of benzene rings is 1. The third-order valence-corrected chi connectivity index (χ3v) is 4.24. The summed E-state index contributed by atoms with van der Waals surface area (Å²) in [6.07, 6.45) is -2.86. The molecule has 6 nitrogen and oxygen atoms in total. The average Bonchev–Trinajstić information content (AvgIpc) is 2.62. The van der Waals surface area contributed by atoms with Gasteiger partial charge >= 0.3 is 0 Å². The van der Waals surface area contributed by atoms with E-state index in [1.165, 1.54) is 0 Å². The van der Waals surface area contributed by atoms with E-state index in [1.54, 1.807) is 4.90 Å². The first-order valence-electron chi connectivity index (χ1n) is 8.36. The molecule has 0 spiro atoms. The first-order chi connectivity index (χ1) is 12.4. The molecule has 4 N–H and O–H groups in total. The van der Waals surface area contributed by atoms with Gasteiger partial charge in [0, 0.05) is 32.0 Å². The van der Waals surface area contributed by atoms with Crippen molar-refractivity contribution in [1.29, 1.82) is 0 Å². The molecule has 0 radical (unpaired) electrons.